The van der Waals surface area contributed by atoms with E-state index in [1.165, 1.54) is 0 Å². The van der Waals surface area contributed by atoms with Crippen molar-refractivity contribution in [1.82, 2.24) is 4.90 Å². The number of carbonyl (C=O) groups is 2. The maximum Gasteiger partial charge on any atom is 0.305 e. The Morgan fingerprint density at radius 3 is 2.68 bits per heavy atom. The van der Waals surface area contributed by atoms with Crippen molar-refractivity contribution >= 4 is 17.6 Å². The smallest absolute Gasteiger partial charge is 0.305 e. The molecule has 1 aliphatic heterocycles. The minimum atomic E-state index is -0.907. The third-order valence-corrected chi connectivity index (χ3v) is 3.72. The second-order valence-electron chi connectivity index (χ2n) is 5.32. The lowest BCUT2D eigenvalue weighted by molar-refractivity contribution is -0.137. The summed E-state index contributed by atoms with van der Waals surface area (Å²) < 4.78 is 0. The number of carbonyl (C=O) groups excluding carboxylic acids is 1. The van der Waals surface area contributed by atoms with Gasteiger partial charge in [0.05, 0.1) is 24.6 Å². The van der Waals surface area contributed by atoms with Gasteiger partial charge in [-0.05, 0) is 31.0 Å². The topological polar surface area (TPSA) is 84.6 Å². The van der Waals surface area contributed by atoms with E-state index in [0.29, 0.717) is 11.3 Å². The Labute approximate surface area is 129 Å². The summed E-state index contributed by atoms with van der Waals surface area (Å²) in [4.78, 5) is 26.7. The Kier molecular flexibility index (Phi) is 5.37. The molecule has 1 amide bonds. The summed E-state index contributed by atoms with van der Waals surface area (Å²) in [5, 5.41) is 17.9. The summed E-state index contributed by atoms with van der Waals surface area (Å²) in [6.45, 7) is 1.92. The fourth-order valence-electron chi connectivity index (χ4n) is 2.53. The van der Waals surface area contributed by atoms with E-state index in [1.807, 2.05) is 4.90 Å². The van der Waals surface area contributed by atoms with Gasteiger partial charge >= 0.3 is 5.97 Å². The third kappa shape index (κ3) is 4.22. The van der Waals surface area contributed by atoms with Gasteiger partial charge in [-0.3, -0.25) is 9.59 Å². The lowest BCUT2D eigenvalue weighted by Gasteiger charge is -2.26. The van der Waals surface area contributed by atoms with Gasteiger partial charge in [-0.25, -0.2) is 0 Å². The zero-order chi connectivity index (χ0) is 15.9. The zero-order valence-electron chi connectivity index (χ0n) is 12.4. The molecule has 1 aliphatic rings. The van der Waals surface area contributed by atoms with Crippen LogP contribution in [0.25, 0.3) is 0 Å². The van der Waals surface area contributed by atoms with Crippen molar-refractivity contribution in [3.63, 3.8) is 0 Å². The van der Waals surface area contributed by atoms with Gasteiger partial charge in [-0.1, -0.05) is 6.07 Å². The Hall–Kier alpha value is -2.55. The predicted octanol–water partition coefficient (Wildman–Crippen LogP) is 1.46. The molecule has 6 nitrogen and oxygen atoms in total. The molecule has 1 fully saturated rings. The molecule has 116 valence electrons. The zero-order valence-corrected chi connectivity index (χ0v) is 12.4. The highest BCUT2D eigenvalue weighted by Gasteiger charge is 2.21. The number of hydrogen-bond donors (Lipinski definition) is 1. The van der Waals surface area contributed by atoms with Gasteiger partial charge in [-0.2, -0.15) is 5.26 Å². The predicted molar refractivity (Wildman–Crippen MR) is 81.4 cm³/mol. The molecule has 0 aromatic heterocycles. The molecule has 6 heteroatoms. The fourth-order valence-corrected chi connectivity index (χ4v) is 2.53. The highest BCUT2D eigenvalue weighted by atomic mass is 16.4. The molecule has 0 bridgehead atoms. The maximum absolute atomic E-state index is 12.3. The first-order valence-electron chi connectivity index (χ1n) is 7.35. The van der Waals surface area contributed by atoms with Crippen LogP contribution < -0.4 is 4.90 Å². The first kappa shape index (κ1) is 15.8. The Morgan fingerprint density at radius 1 is 1.32 bits per heavy atom. The van der Waals surface area contributed by atoms with E-state index in [9.17, 15) is 9.59 Å². The van der Waals surface area contributed by atoms with Crippen LogP contribution in [0.1, 0.15) is 24.8 Å². The molecular formula is C16H19N3O3. The van der Waals surface area contributed by atoms with Crippen molar-refractivity contribution in [3.05, 3.63) is 29.8 Å². The minimum Gasteiger partial charge on any atom is -0.481 e. The van der Waals surface area contributed by atoms with Crippen LogP contribution in [0.4, 0.5) is 5.69 Å². The summed E-state index contributed by atoms with van der Waals surface area (Å²) in [7, 11) is 0. The molecule has 1 N–H and O–H groups in total. The molecule has 0 unspecified atom stereocenters. The van der Waals surface area contributed by atoms with E-state index in [1.54, 1.807) is 29.2 Å². The van der Waals surface area contributed by atoms with Crippen LogP contribution >= 0.6 is 0 Å². The maximum atomic E-state index is 12.3. The Balaban J connectivity index is 2.12. The van der Waals surface area contributed by atoms with Crippen LogP contribution in [0.2, 0.25) is 0 Å². The number of carboxylic acid groups (broad SMARTS) is 1. The lowest BCUT2D eigenvalue weighted by atomic mass is 10.2. The number of amides is 1. The Bertz CT molecular complexity index is 589. The lowest BCUT2D eigenvalue weighted by Crippen LogP contribution is -2.40. The van der Waals surface area contributed by atoms with E-state index >= 15 is 0 Å². The van der Waals surface area contributed by atoms with E-state index < -0.39 is 5.97 Å². The molecule has 22 heavy (non-hydrogen) atoms. The van der Waals surface area contributed by atoms with Gasteiger partial charge in [0.2, 0.25) is 5.91 Å². The minimum absolute atomic E-state index is 0.00486. The van der Waals surface area contributed by atoms with E-state index in [-0.39, 0.29) is 25.4 Å². The molecule has 0 aliphatic carbocycles. The van der Waals surface area contributed by atoms with Crippen LogP contribution in [0.15, 0.2) is 24.3 Å². The van der Waals surface area contributed by atoms with Gasteiger partial charge in [0.1, 0.15) is 0 Å². The number of likely N-dealkylation sites (tertiary alicyclic amines) is 1. The molecule has 0 atom stereocenters. The molecular weight excluding hydrogens is 282 g/mol. The van der Waals surface area contributed by atoms with Crippen LogP contribution in [-0.2, 0) is 9.59 Å². The van der Waals surface area contributed by atoms with Crippen molar-refractivity contribution in [2.45, 2.75) is 19.3 Å². The number of anilines is 1. The summed E-state index contributed by atoms with van der Waals surface area (Å²) >= 11 is 0. The van der Waals surface area contributed by atoms with Crippen molar-refractivity contribution in [3.8, 4) is 6.07 Å². The van der Waals surface area contributed by atoms with Crippen LogP contribution in [0.5, 0.6) is 0 Å². The second-order valence-corrected chi connectivity index (χ2v) is 5.32. The summed E-state index contributed by atoms with van der Waals surface area (Å²) in [6, 6.07) is 8.95. The molecule has 1 saturated heterocycles. The van der Waals surface area contributed by atoms with Crippen molar-refractivity contribution in [2.75, 3.05) is 31.1 Å². The van der Waals surface area contributed by atoms with Gasteiger partial charge in [0.25, 0.3) is 0 Å². The third-order valence-electron chi connectivity index (χ3n) is 3.72. The van der Waals surface area contributed by atoms with E-state index in [2.05, 4.69) is 6.07 Å². The molecule has 1 heterocycles. The first-order valence-corrected chi connectivity index (χ1v) is 7.35. The molecule has 1 aromatic rings. The second kappa shape index (κ2) is 7.46. The van der Waals surface area contributed by atoms with Gasteiger partial charge < -0.3 is 14.9 Å². The van der Waals surface area contributed by atoms with Gasteiger partial charge in [0.15, 0.2) is 0 Å². The number of benzene rings is 1. The normalized spacial score (nSPS) is 13.7. The van der Waals surface area contributed by atoms with Crippen LogP contribution in [0.3, 0.4) is 0 Å². The summed E-state index contributed by atoms with van der Waals surface area (Å²) in [5.41, 5.74) is 1.19. The van der Waals surface area contributed by atoms with Crippen molar-refractivity contribution < 1.29 is 14.7 Å². The first-order chi connectivity index (χ1) is 10.6. The molecule has 0 spiro atoms. The van der Waals surface area contributed by atoms with E-state index in [4.69, 9.17) is 10.4 Å². The number of carboxylic acids is 1. The molecule has 0 radical (unpaired) electrons. The summed E-state index contributed by atoms with van der Waals surface area (Å²) in [6.07, 6.45) is 1.99. The fraction of sp³-hybridized carbons (Fsp3) is 0.438. The average molecular weight is 301 g/mol. The quantitative estimate of drug-likeness (QED) is 0.860. The SMILES string of the molecule is N#Cc1cccc(N(CCC(=O)O)CC(=O)N2CCCC2)c1. The van der Waals surface area contributed by atoms with Crippen LogP contribution in [-0.4, -0.2) is 48.1 Å². The number of rotatable bonds is 6. The van der Waals surface area contributed by atoms with Crippen molar-refractivity contribution in [1.29, 1.82) is 5.26 Å². The van der Waals surface area contributed by atoms with Gasteiger partial charge in [-0.15, -0.1) is 0 Å². The Morgan fingerprint density at radius 2 is 2.05 bits per heavy atom. The highest BCUT2D eigenvalue weighted by molar-refractivity contribution is 5.82. The molecule has 0 saturated carbocycles. The van der Waals surface area contributed by atoms with E-state index in [0.717, 1.165) is 25.9 Å². The highest BCUT2D eigenvalue weighted by Crippen LogP contribution is 2.17. The number of nitrogens with zero attached hydrogens (tertiary/aromatic N) is 3. The number of nitriles is 1. The van der Waals surface area contributed by atoms with Gasteiger partial charge in [0, 0.05) is 25.3 Å². The number of aliphatic carboxylic acids is 1. The molecule has 1 aromatic carbocycles. The number of hydrogen-bond acceptors (Lipinski definition) is 4. The average Bonchev–Trinajstić information content (AvgIpc) is 3.05. The standard InChI is InChI=1S/C16H19N3O3/c17-11-13-4-3-5-14(10-13)19(9-6-16(21)22)12-15(20)18-7-1-2-8-18/h3-5,10H,1-2,6-9,12H2,(H,21,22). The largest absolute Gasteiger partial charge is 0.481 e. The monoisotopic (exact) mass is 301 g/mol. The van der Waals surface area contributed by atoms with Crippen LogP contribution in [0, 0.1) is 11.3 Å². The van der Waals surface area contributed by atoms with Crippen molar-refractivity contribution in [2.24, 2.45) is 0 Å². The molecule has 2 rings (SSSR count). The summed E-state index contributed by atoms with van der Waals surface area (Å²) in [5.74, 6) is -0.902.